The van der Waals surface area contributed by atoms with E-state index in [4.69, 9.17) is 0 Å². The Morgan fingerprint density at radius 1 is 1.11 bits per heavy atom. The van der Waals surface area contributed by atoms with E-state index in [9.17, 15) is 28.1 Å². The number of anilines is 1. The van der Waals surface area contributed by atoms with E-state index in [-0.39, 0.29) is 29.9 Å². The van der Waals surface area contributed by atoms with Crippen LogP contribution in [0.2, 0.25) is 0 Å². The van der Waals surface area contributed by atoms with Gasteiger partial charge in [-0.2, -0.15) is 0 Å². The molecule has 1 N–H and O–H groups in total. The summed E-state index contributed by atoms with van der Waals surface area (Å²) in [4.78, 5) is 38.8. The average Bonchev–Trinajstić information content (AvgIpc) is 3.34. The van der Waals surface area contributed by atoms with Crippen molar-refractivity contribution in [3.05, 3.63) is 69.3 Å². The van der Waals surface area contributed by atoms with Crippen LogP contribution in [0.5, 0.6) is 0 Å². The number of nitrogens with one attached hydrogen (secondary N) is 1. The van der Waals surface area contributed by atoms with Gasteiger partial charge in [-0.1, -0.05) is 48.7 Å². The number of sulfonamides is 1. The van der Waals surface area contributed by atoms with Crippen LogP contribution in [0.15, 0.2) is 42.5 Å². The highest BCUT2D eigenvalue weighted by molar-refractivity contribution is 7.92. The summed E-state index contributed by atoms with van der Waals surface area (Å²) in [6.45, 7) is 4.68. The highest BCUT2D eigenvalue weighted by atomic mass is 32.2. The zero-order valence-corrected chi connectivity index (χ0v) is 22.5. The predicted molar refractivity (Wildman–Crippen MR) is 142 cm³/mol. The van der Waals surface area contributed by atoms with Gasteiger partial charge in [0.2, 0.25) is 21.8 Å². The van der Waals surface area contributed by atoms with Crippen LogP contribution in [0.1, 0.15) is 49.3 Å². The number of non-ortho nitro benzene ring substituents is 1. The molecular weight excluding hydrogens is 496 g/mol. The summed E-state index contributed by atoms with van der Waals surface area (Å²) < 4.78 is 26.4. The average molecular weight is 531 g/mol. The number of nitrogens with zero attached hydrogens (tertiary/aromatic N) is 3. The molecule has 0 unspecified atom stereocenters. The van der Waals surface area contributed by atoms with Crippen molar-refractivity contribution in [1.82, 2.24) is 10.2 Å². The maximum atomic E-state index is 13.7. The summed E-state index contributed by atoms with van der Waals surface area (Å²) in [5.74, 6) is -0.893. The van der Waals surface area contributed by atoms with Crippen LogP contribution in [0.4, 0.5) is 11.4 Å². The van der Waals surface area contributed by atoms with Gasteiger partial charge in [-0.05, 0) is 44.7 Å². The van der Waals surface area contributed by atoms with Gasteiger partial charge in [-0.15, -0.1) is 0 Å². The third-order valence-corrected chi connectivity index (χ3v) is 7.82. The van der Waals surface area contributed by atoms with Crippen LogP contribution in [0.3, 0.4) is 0 Å². The molecule has 0 aromatic heterocycles. The standard InChI is InChI=1S/C26H34N4O6S/c1-18-9-12-21(13-10-18)16-28(20(3)26(32)27-22-7-5-6-8-22)25(31)17-29(37(4,35)36)24-15-23(30(33)34)14-11-19(24)2/h9-15,20,22H,5-8,16-17H2,1-4H3,(H,27,32)/t20-/m0/s1. The lowest BCUT2D eigenvalue weighted by Crippen LogP contribution is -2.52. The van der Waals surface area contributed by atoms with E-state index in [1.807, 2.05) is 31.2 Å². The van der Waals surface area contributed by atoms with Gasteiger partial charge in [0.25, 0.3) is 5.69 Å². The highest BCUT2D eigenvalue weighted by Gasteiger charge is 2.32. The summed E-state index contributed by atoms with van der Waals surface area (Å²) in [5.41, 5.74) is 2.04. The van der Waals surface area contributed by atoms with Gasteiger partial charge in [0.1, 0.15) is 12.6 Å². The van der Waals surface area contributed by atoms with Crippen molar-refractivity contribution in [3.8, 4) is 0 Å². The second kappa shape index (κ2) is 11.7. The minimum Gasteiger partial charge on any atom is -0.352 e. The van der Waals surface area contributed by atoms with Crippen LogP contribution in [0, 0.1) is 24.0 Å². The van der Waals surface area contributed by atoms with Crippen molar-refractivity contribution in [2.24, 2.45) is 0 Å². The van der Waals surface area contributed by atoms with Crippen LogP contribution < -0.4 is 9.62 Å². The number of carbonyl (C=O) groups is 2. The number of hydrogen-bond donors (Lipinski definition) is 1. The number of hydrogen-bond acceptors (Lipinski definition) is 6. The van der Waals surface area contributed by atoms with E-state index >= 15 is 0 Å². The Kier molecular flexibility index (Phi) is 8.90. The van der Waals surface area contributed by atoms with E-state index in [0.717, 1.165) is 53.4 Å². The van der Waals surface area contributed by atoms with E-state index < -0.39 is 33.4 Å². The van der Waals surface area contributed by atoms with E-state index in [0.29, 0.717) is 5.56 Å². The van der Waals surface area contributed by atoms with Crippen molar-refractivity contribution in [2.45, 2.75) is 65.1 Å². The molecule has 37 heavy (non-hydrogen) atoms. The molecule has 2 aromatic rings. The maximum Gasteiger partial charge on any atom is 0.271 e. The Hall–Kier alpha value is -3.47. The quantitative estimate of drug-likeness (QED) is 0.370. The fraction of sp³-hybridized carbons (Fsp3) is 0.462. The SMILES string of the molecule is Cc1ccc(CN(C(=O)CN(c2cc([N+](=O)[O-])ccc2C)S(C)(=O)=O)[C@@H](C)C(=O)NC2CCCC2)cc1. The lowest BCUT2D eigenvalue weighted by Gasteiger charge is -2.32. The van der Waals surface area contributed by atoms with Crippen LogP contribution in [-0.2, 0) is 26.2 Å². The first kappa shape index (κ1) is 28.1. The molecule has 0 bridgehead atoms. The Morgan fingerprint density at radius 3 is 2.30 bits per heavy atom. The molecule has 11 heteroatoms. The molecule has 1 aliphatic carbocycles. The van der Waals surface area contributed by atoms with Crippen LogP contribution in [-0.4, -0.2) is 54.9 Å². The van der Waals surface area contributed by atoms with Gasteiger partial charge in [-0.25, -0.2) is 8.42 Å². The molecule has 0 radical (unpaired) electrons. The number of nitro benzene ring substituents is 1. The summed E-state index contributed by atoms with van der Waals surface area (Å²) in [6.07, 6.45) is 4.80. The molecule has 0 saturated heterocycles. The monoisotopic (exact) mass is 530 g/mol. The van der Waals surface area contributed by atoms with Gasteiger partial charge in [-0.3, -0.25) is 24.0 Å². The number of carbonyl (C=O) groups excluding carboxylic acids is 2. The zero-order valence-electron chi connectivity index (χ0n) is 21.6. The molecule has 0 heterocycles. The first-order valence-corrected chi connectivity index (χ1v) is 14.1. The van der Waals surface area contributed by atoms with Crippen LogP contribution >= 0.6 is 0 Å². The second-order valence-corrected chi connectivity index (χ2v) is 11.6. The van der Waals surface area contributed by atoms with E-state index in [1.54, 1.807) is 13.8 Å². The second-order valence-electron chi connectivity index (χ2n) is 9.67. The number of aryl methyl sites for hydroxylation is 2. The van der Waals surface area contributed by atoms with E-state index in [2.05, 4.69) is 5.32 Å². The molecule has 1 fully saturated rings. The van der Waals surface area contributed by atoms with Gasteiger partial charge >= 0.3 is 0 Å². The number of benzene rings is 2. The van der Waals surface area contributed by atoms with Gasteiger partial charge < -0.3 is 10.2 Å². The van der Waals surface area contributed by atoms with Crippen molar-refractivity contribution < 1.29 is 22.9 Å². The molecule has 10 nitrogen and oxygen atoms in total. The van der Waals surface area contributed by atoms with Crippen molar-refractivity contribution in [1.29, 1.82) is 0 Å². The van der Waals surface area contributed by atoms with Gasteiger partial charge in [0.15, 0.2) is 0 Å². The lowest BCUT2D eigenvalue weighted by molar-refractivity contribution is -0.384. The summed E-state index contributed by atoms with van der Waals surface area (Å²) in [6, 6.07) is 10.6. The number of nitro groups is 1. The molecular formula is C26H34N4O6S. The third-order valence-electron chi connectivity index (χ3n) is 6.69. The molecule has 1 atom stereocenters. The Balaban J connectivity index is 1.93. The molecule has 1 aliphatic rings. The van der Waals surface area contributed by atoms with Crippen molar-refractivity contribution in [3.63, 3.8) is 0 Å². The minimum absolute atomic E-state index is 0.0448. The number of rotatable bonds is 10. The molecule has 1 saturated carbocycles. The molecule has 0 aliphatic heterocycles. The fourth-order valence-corrected chi connectivity index (χ4v) is 5.34. The Bertz CT molecular complexity index is 1260. The molecule has 0 spiro atoms. The smallest absolute Gasteiger partial charge is 0.271 e. The molecule has 2 aromatic carbocycles. The number of amides is 2. The fourth-order valence-electron chi connectivity index (χ4n) is 4.44. The largest absolute Gasteiger partial charge is 0.352 e. The van der Waals surface area contributed by atoms with Crippen LogP contribution in [0.25, 0.3) is 0 Å². The third kappa shape index (κ3) is 7.28. The van der Waals surface area contributed by atoms with E-state index in [1.165, 1.54) is 17.0 Å². The first-order chi connectivity index (χ1) is 17.4. The Labute approximate surface area is 217 Å². The minimum atomic E-state index is -3.99. The normalized spacial score (nSPS) is 14.7. The Morgan fingerprint density at radius 2 is 1.73 bits per heavy atom. The zero-order chi connectivity index (χ0) is 27.3. The molecule has 200 valence electrons. The summed E-state index contributed by atoms with van der Waals surface area (Å²) >= 11 is 0. The lowest BCUT2D eigenvalue weighted by atomic mass is 10.1. The summed E-state index contributed by atoms with van der Waals surface area (Å²) in [7, 11) is -3.99. The van der Waals surface area contributed by atoms with Gasteiger partial charge in [0.05, 0.1) is 16.9 Å². The topological polar surface area (TPSA) is 130 Å². The predicted octanol–water partition coefficient (Wildman–Crippen LogP) is 3.45. The molecule has 3 rings (SSSR count). The molecule has 2 amide bonds. The van der Waals surface area contributed by atoms with Crippen molar-refractivity contribution in [2.75, 3.05) is 17.1 Å². The first-order valence-electron chi connectivity index (χ1n) is 12.2. The maximum absolute atomic E-state index is 13.7. The van der Waals surface area contributed by atoms with Gasteiger partial charge in [0, 0.05) is 24.7 Å². The highest BCUT2D eigenvalue weighted by Crippen LogP contribution is 2.28. The summed E-state index contributed by atoms with van der Waals surface area (Å²) in [5, 5.41) is 14.3. The van der Waals surface area contributed by atoms with Crippen molar-refractivity contribution >= 4 is 33.2 Å².